The Morgan fingerprint density at radius 1 is 1.21 bits per heavy atom. The number of nitro benzene ring substituents is 1. The summed E-state index contributed by atoms with van der Waals surface area (Å²) in [5.74, 6) is -3.75. The lowest BCUT2D eigenvalue weighted by molar-refractivity contribution is -0.384. The molecule has 1 amide bonds. The van der Waals surface area contributed by atoms with Crippen molar-refractivity contribution in [1.29, 1.82) is 5.26 Å². The van der Waals surface area contributed by atoms with E-state index in [1.807, 2.05) is 6.07 Å². The molecule has 2 aromatic carbocycles. The number of esters is 2. The maximum Gasteiger partial charge on any atom is 0.336 e. The van der Waals surface area contributed by atoms with Crippen LogP contribution in [0, 0.1) is 27.4 Å². The largest absolute Gasteiger partial charge is 0.491 e. The zero-order chi connectivity index (χ0) is 30.2. The molecule has 42 heavy (non-hydrogen) atoms. The summed E-state index contributed by atoms with van der Waals surface area (Å²) in [5, 5.41) is 23.7. The topological polar surface area (TPSA) is 183 Å². The van der Waals surface area contributed by atoms with Gasteiger partial charge in [0.2, 0.25) is 5.91 Å². The van der Waals surface area contributed by atoms with E-state index < -0.39 is 28.7 Å². The number of nitrogens with zero attached hydrogens (tertiary/aromatic N) is 3. The van der Waals surface area contributed by atoms with Crippen LogP contribution in [0.5, 0.6) is 5.75 Å². The quantitative estimate of drug-likeness (QED) is 0.129. The molecular weight excluding hydrogens is 548 g/mol. The van der Waals surface area contributed by atoms with E-state index in [2.05, 4.69) is 10.3 Å². The van der Waals surface area contributed by atoms with Crippen molar-refractivity contribution in [1.82, 2.24) is 5.32 Å². The molecule has 4 rings (SSSR count). The van der Waals surface area contributed by atoms with Crippen LogP contribution in [0.4, 0.5) is 5.69 Å². The van der Waals surface area contributed by atoms with E-state index in [9.17, 15) is 29.8 Å². The van der Waals surface area contributed by atoms with E-state index in [-0.39, 0.29) is 59.8 Å². The van der Waals surface area contributed by atoms with Crippen LogP contribution in [-0.4, -0.2) is 68.1 Å². The molecule has 1 fully saturated rings. The van der Waals surface area contributed by atoms with Crippen molar-refractivity contribution in [2.24, 2.45) is 10.9 Å². The van der Waals surface area contributed by atoms with Crippen molar-refractivity contribution in [2.75, 3.05) is 33.5 Å². The lowest BCUT2D eigenvalue weighted by atomic mass is 9.75. The van der Waals surface area contributed by atoms with E-state index in [4.69, 9.17) is 18.9 Å². The Morgan fingerprint density at radius 2 is 1.95 bits per heavy atom. The summed E-state index contributed by atoms with van der Waals surface area (Å²) >= 11 is 0. The number of nitro groups is 1. The van der Waals surface area contributed by atoms with Gasteiger partial charge in [-0.2, -0.15) is 5.26 Å². The minimum atomic E-state index is -1.33. The Balaban J connectivity index is 1.41. The number of nitriles is 1. The van der Waals surface area contributed by atoms with Crippen LogP contribution >= 0.6 is 0 Å². The van der Waals surface area contributed by atoms with Crippen molar-refractivity contribution in [3.05, 3.63) is 81.0 Å². The number of nitrogens with one attached hydrogen (secondary N) is 1. The third kappa shape index (κ3) is 7.35. The van der Waals surface area contributed by atoms with Gasteiger partial charge in [0.25, 0.3) is 5.69 Å². The van der Waals surface area contributed by atoms with Crippen molar-refractivity contribution in [3.8, 4) is 11.8 Å². The second-order valence-electron chi connectivity index (χ2n) is 9.51. The number of non-ortho nitro benzene ring substituents is 1. The van der Waals surface area contributed by atoms with Crippen molar-refractivity contribution in [3.63, 3.8) is 0 Å². The highest BCUT2D eigenvalue weighted by Crippen LogP contribution is 2.40. The summed E-state index contributed by atoms with van der Waals surface area (Å²) < 4.78 is 21.0. The highest BCUT2D eigenvalue weighted by Gasteiger charge is 2.44. The van der Waals surface area contributed by atoms with Gasteiger partial charge in [0.05, 0.1) is 37.2 Å². The maximum atomic E-state index is 13.3. The van der Waals surface area contributed by atoms with Crippen LogP contribution in [0.2, 0.25) is 0 Å². The minimum Gasteiger partial charge on any atom is -0.491 e. The number of allylic oxidation sites excluding steroid dienone is 1. The monoisotopic (exact) mass is 576 g/mol. The lowest BCUT2D eigenvalue weighted by Gasteiger charge is -2.30. The zero-order valence-corrected chi connectivity index (χ0v) is 22.9. The lowest BCUT2D eigenvalue weighted by Crippen LogP contribution is -2.37. The van der Waals surface area contributed by atoms with Crippen LogP contribution < -0.4 is 10.1 Å². The second kappa shape index (κ2) is 13.5. The summed E-state index contributed by atoms with van der Waals surface area (Å²) in [6, 6.07) is 14.4. The van der Waals surface area contributed by atoms with Gasteiger partial charge in [0, 0.05) is 23.7 Å². The fourth-order valence-electron chi connectivity index (χ4n) is 4.51. The summed E-state index contributed by atoms with van der Waals surface area (Å²) in [6.45, 7) is 2.47. The van der Waals surface area contributed by atoms with E-state index in [0.717, 1.165) is 12.7 Å². The fourth-order valence-corrected chi connectivity index (χ4v) is 4.51. The molecule has 0 spiro atoms. The standard InChI is InChI=1S/C29H28N4O9/c1-17-25(26(19-4-3-5-20(13-19)33(37)38)27(28(35)39-2)23(14-30)32-17)29(36)40-11-10-31-24(34)12-18-6-8-21(9-7-18)41-15-22-16-42-22/h3-9,13,22,26-27H,10-12,15-16H2,1-2H3,(H,31,34). The molecule has 0 aromatic heterocycles. The van der Waals surface area contributed by atoms with E-state index in [1.54, 1.807) is 24.3 Å². The molecule has 1 N–H and O–H groups in total. The van der Waals surface area contributed by atoms with Crippen LogP contribution in [0.15, 0.2) is 64.8 Å². The van der Waals surface area contributed by atoms with Gasteiger partial charge >= 0.3 is 11.9 Å². The SMILES string of the molecule is COC(=O)C1C(C#N)=NC(C)=C(C(=O)OCCNC(=O)Cc2ccc(OCC3CO3)cc2)C1c1cccc([N+](=O)[O-])c1. The van der Waals surface area contributed by atoms with E-state index >= 15 is 0 Å². The molecule has 0 saturated carbocycles. The van der Waals surface area contributed by atoms with E-state index in [1.165, 1.54) is 31.2 Å². The van der Waals surface area contributed by atoms with Gasteiger partial charge in [-0.25, -0.2) is 9.79 Å². The van der Waals surface area contributed by atoms with Gasteiger partial charge in [-0.3, -0.25) is 19.7 Å². The van der Waals surface area contributed by atoms with Gasteiger partial charge in [0.15, 0.2) is 0 Å². The number of hydrogen-bond donors (Lipinski definition) is 1. The first-order valence-corrected chi connectivity index (χ1v) is 13.0. The number of methoxy groups -OCH3 is 1. The molecule has 0 radical (unpaired) electrons. The van der Waals surface area contributed by atoms with Gasteiger partial charge in [-0.1, -0.05) is 24.3 Å². The molecule has 13 nitrogen and oxygen atoms in total. The number of carbonyl (C=O) groups is 3. The summed E-state index contributed by atoms with van der Waals surface area (Å²) in [6.07, 6.45) is 0.247. The van der Waals surface area contributed by atoms with Crippen molar-refractivity contribution >= 4 is 29.2 Å². The molecule has 2 aliphatic rings. The zero-order valence-electron chi connectivity index (χ0n) is 22.9. The highest BCUT2D eigenvalue weighted by atomic mass is 16.6. The fraction of sp³-hybridized carbons (Fsp3) is 0.345. The Hall–Kier alpha value is -5.09. The Labute approximate surface area is 240 Å². The number of amides is 1. The first kappa shape index (κ1) is 29.9. The van der Waals surface area contributed by atoms with Crippen LogP contribution in [-0.2, 0) is 35.0 Å². The van der Waals surface area contributed by atoms with Crippen molar-refractivity contribution < 1.29 is 38.3 Å². The molecule has 3 atom stereocenters. The number of ether oxygens (including phenoxy) is 4. The molecule has 2 aromatic rings. The van der Waals surface area contributed by atoms with Crippen LogP contribution in [0.3, 0.4) is 0 Å². The summed E-state index contributed by atoms with van der Waals surface area (Å²) in [5.41, 5.74) is 0.610. The van der Waals surface area contributed by atoms with Gasteiger partial charge in [-0.05, 0) is 30.2 Å². The van der Waals surface area contributed by atoms with Crippen LogP contribution in [0.25, 0.3) is 0 Å². The summed E-state index contributed by atoms with van der Waals surface area (Å²) in [7, 11) is 1.13. The number of epoxide rings is 1. The first-order valence-electron chi connectivity index (χ1n) is 13.0. The first-order chi connectivity index (χ1) is 20.2. The molecule has 218 valence electrons. The van der Waals surface area contributed by atoms with Crippen LogP contribution in [0.1, 0.15) is 24.0 Å². The Bertz CT molecular complexity index is 1470. The number of carbonyl (C=O) groups excluding carboxylic acids is 3. The number of aliphatic imine (C=N–C) groups is 1. The Kier molecular flexibility index (Phi) is 9.61. The molecule has 2 aliphatic heterocycles. The van der Waals surface area contributed by atoms with E-state index in [0.29, 0.717) is 19.0 Å². The Morgan fingerprint density at radius 3 is 2.60 bits per heavy atom. The van der Waals surface area contributed by atoms with Gasteiger partial charge < -0.3 is 24.3 Å². The average Bonchev–Trinajstić information content (AvgIpc) is 3.82. The minimum absolute atomic E-state index is 0.00804. The summed E-state index contributed by atoms with van der Waals surface area (Å²) in [4.78, 5) is 53.4. The predicted octanol–water partition coefficient (Wildman–Crippen LogP) is 2.40. The van der Waals surface area contributed by atoms with Gasteiger partial charge in [0.1, 0.15) is 42.8 Å². The third-order valence-corrected chi connectivity index (χ3v) is 6.63. The molecule has 13 heteroatoms. The number of hydrogen-bond acceptors (Lipinski definition) is 11. The predicted molar refractivity (Wildman–Crippen MR) is 146 cm³/mol. The second-order valence-corrected chi connectivity index (χ2v) is 9.51. The third-order valence-electron chi connectivity index (χ3n) is 6.63. The molecule has 0 aliphatic carbocycles. The highest BCUT2D eigenvalue weighted by molar-refractivity contribution is 6.14. The molecule has 2 heterocycles. The van der Waals surface area contributed by atoms with Crippen molar-refractivity contribution in [2.45, 2.75) is 25.4 Å². The molecule has 1 saturated heterocycles. The number of benzene rings is 2. The molecular formula is C29H28N4O9. The normalized spacial score (nSPS) is 19.2. The number of rotatable bonds is 12. The molecule has 0 bridgehead atoms. The molecule has 3 unspecified atom stereocenters. The smallest absolute Gasteiger partial charge is 0.336 e. The average molecular weight is 577 g/mol. The van der Waals surface area contributed by atoms with Gasteiger partial charge in [-0.15, -0.1) is 0 Å². The maximum absolute atomic E-state index is 13.3.